The number of benzene rings is 2. The minimum Gasteiger partial charge on any atom is -0.318 e. The molecule has 124 valence electrons. The van der Waals surface area contributed by atoms with Gasteiger partial charge < -0.3 is 5.32 Å². The molecule has 0 aliphatic carbocycles. The van der Waals surface area contributed by atoms with Crippen LogP contribution in [0.4, 0.5) is 0 Å². The molecule has 1 N–H and O–H groups in total. The number of hydrogen-bond donors (Lipinski definition) is 1. The lowest BCUT2D eigenvalue weighted by Crippen LogP contribution is -2.28. The molecule has 0 amide bonds. The summed E-state index contributed by atoms with van der Waals surface area (Å²) in [5.41, 5.74) is 2.35. The molecule has 0 fully saturated rings. The molecule has 3 rings (SSSR count). The van der Waals surface area contributed by atoms with E-state index in [2.05, 4.69) is 10.3 Å². The van der Waals surface area contributed by atoms with Crippen LogP contribution >= 0.6 is 23.2 Å². The Balaban J connectivity index is 2.33. The third-order valence-corrected chi connectivity index (χ3v) is 4.38. The normalized spacial score (nSPS) is 11.2. The number of fused-ring (bicyclic) bond motifs is 1. The Morgan fingerprint density at radius 2 is 1.88 bits per heavy atom. The van der Waals surface area contributed by atoms with E-state index in [1.807, 2.05) is 38.2 Å². The Morgan fingerprint density at radius 1 is 1.17 bits per heavy atom. The Labute approximate surface area is 150 Å². The van der Waals surface area contributed by atoms with Crippen molar-refractivity contribution in [1.82, 2.24) is 14.9 Å². The fourth-order valence-electron chi connectivity index (χ4n) is 2.60. The van der Waals surface area contributed by atoms with Crippen LogP contribution in [0, 0.1) is 6.92 Å². The number of rotatable bonds is 4. The summed E-state index contributed by atoms with van der Waals surface area (Å²) >= 11 is 12.3. The SMILES string of the molecule is CNCCn1c(-c2ccc(C)cc2)nc2c(Cl)cc(Cl)cc2c1=O. The predicted molar refractivity (Wildman–Crippen MR) is 100 cm³/mol. The van der Waals surface area contributed by atoms with E-state index in [0.717, 1.165) is 11.1 Å². The first-order chi connectivity index (χ1) is 11.5. The Morgan fingerprint density at radius 3 is 2.54 bits per heavy atom. The number of aryl methyl sites for hydroxylation is 1. The van der Waals surface area contributed by atoms with Crippen LogP contribution in [0.3, 0.4) is 0 Å². The van der Waals surface area contributed by atoms with Crippen LogP contribution in [0.1, 0.15) is 5.56 Å². The van der Waals surface area contributed by atoms with Crippen molar-refractivity contribution in [2.45, 2.75) is 13.5 Å². The number of halogens is 2. The molecular formula is C18H17Cl2N3O. The van der Waals surface area contributed by atoms with Crippen molar-refractivity contribution in [3.63, 3.8) is 0 Å². The first kappa shape index (κ1) is 17.0. The van der Waals surface area contributed by atoms with Gasteiger partial charge in [-0.05, 0) is 26.1 Å². The van der Waals surface area contributed by atoms with Gasteiger partial charge in [-0.3, -0.25) is 9.36 Å². The van der Waals surface area contributed by atoms with Gasteiger partial charge in [0.2, 0.25) is 0 Å². The molecule has 0 saturated carbocycles. The highest BCUT2D eigenvalue weighted by Gasteiger charge is 2.15. The lowest BCUT2D eigenvalue weighted by atomic mass is 10.1. The van der Waals surface area contributed by atoms with Crippen LogP contribution < -0.4 is 10.9 Å². The first-order valence-electron chi connectivity index (χ1n) is 7.62. The molecule has 0 unspecified atom stereocenters. The largest absolute Gasteiger partial charge is 0.318 e. The van der Waals surface area contributed by atoms with Gasteiger partial charge in [0.25, 0.3) is 5.56 Å². The first-order valence-corrected chi connectivity index (χ1v) is 8.38. The molecular weight excluding hydrogens is 345 g/mol. The zero-order valence-corrected chi connectivity index (χ0v) is 14.9. The number of likely N-dealkylation sites (N-methyl/N-ethyl adjacent to an activating group) is 1. The third kappa shape index (κ3) is 3.18. The van der Waals surface area contributed by atoms with Gasteiger partial charge in [-0.25, -0.2) is 4.98 Å². The second-order valence-electron chi connectivity index (χ2n) is 5.65. The van der Waals surface area contributed by atoms with Gasteiger partial charge in [0, 0.05) is 23.7 Å². The second kappa shape index (κ2) is 6.93. The van der Waals surface area contributed by atoms with Gasteiger partial charge in [-0.1, -0.05) is 53.0 Å². The van der Waals surface area contributed by atoms with Gasteiger partial charge >= 0.3 is 0 Å². The molecule has 1 heterocycles. The summed E-state index contributed by atoms with van der Waals surface area (Å²) in [5, 5.41) is 4.30. The number of hydrogen-bond acceptors (Lipinski definition) is 3. The van der Waals surface area contributed by atoms with E-state index >= 15 is 0 Å². The van der Waals surface area contributed by atoms with Gasteiger partial charge in [0.1, 0.15) is 5.82 Å². The third-order valence-electron chi connectivity index (χ3n) is 3.87. The number of nitrogens with one attached hydrogen (secondary N) is 1. The highest BCUT2D eigenvalue weighted by molar-refractivity contribution is 6.38. The van der Waals surface area contributed by atoms with Gasteiger partial charge in [0.15, 0.2) is 0 Å². The van der Waals surface area contributed by atoms with Crippen molar-refractivity contribution >= 4 is 34.1 Å². The highest BCUT2D eigenvalue weighted by Crippen LogP contribution is 2.27. The van der Waals surface area contributed by atoms with Crippen LogP contribution in [-0.2, 0) is 6.54 Å². The molecule has 6 heteroatoms. The molecule has 2 aromatic carbocycles. The molecule has 4 nitrogen and oxygen atoms in total. The molecule has 0 aliphatic rings. The topological polar surface area (TPSA) is 46.9 Å². The van der Waals surface area contributed by atoms with Crippen LogP contribution in [0.25, 0.3) is 22.3 Å². The average Bonchev–Trinajstić information content (AvgIpc) is 2.55. The van der Waals surface area contributed by atoms with E-state index in [1.165, 1.54) is 0 Å². The quantitative estimate of drug-likeness (QED) is 0.766. The predicted octanol–water partition coefficient (Wildman–Crippen LogP) is 3.90. The van der Waals surface area contributed by atoms with E-state index in [0.29, 0.717) is 39.9 Å². The molecule has 0 saturated heterocycles. The summed E-state index contributed by atoms with van der Waals surface area (Å²) in [6, 6.07) is 11.1. The van der Waals surface area contributed by atoms with Crippen molar-refractivity contribution in [3.05, 3.63) is 62.4 Å². The molecule has 0 aliphatic heterocycles. The zero-order valence-electron chi connectivity index (χ0n) is 13.4. The van der Waals surface area contributed by atoms with Gasteiger partial charge in [-0.2, -0.15) is 0 Å². The van der Waals surface area contributed by atoms with Crippen LogP contribution in [-0.4, -0.2) is 23.1 Å². The molecule has 0 radical (unpaired) electrons. The molecule has 1 aromatic heterocycles. The van der Waals surface area contributed by atoms with Crippen molar-refractivity contribution in [2.24, 2.45) is 0 Å². The van der Waals surface area contributed by atoms with E-state index in [4.69, 9.17) is 23.2 Å². The highest BCUT2D eigenvalue weighted by atomic mass is 35.5. The number of nitrogens with zero attached hydrogens (tertiary/aromatic N) is 2. The minimum absolute atomic E-state index is 0.143. The zero-order chi connectivity index (χ0) is 17.3. The Bertz CT molecular complexity index is 949. The van der Waals surface area contributed by atoms with Gasteiger partial charge in [-0.15, -0.1) is 0 Å². The fourth-order valence-corrected chi connectivity index (χ4v) is 3.14. The van der Waals surface area contributed by atoms with Crippen LogP contribution in [0.2, 0.25) is 10.0 Å². The standard InChI is InChI=1S/C18H17Cl2N3O/c1-11-3-5-12(6-4-11)17-22-16-14(9-13(19)10-15(16)20)18(24)23(17)8-7-21-2/h3-6,9-10,21H,7-8H2,1-2H3. The Kier molecular flexibility index (Phi) is 4.90. The summed E-state index contributed by atoms with van der Waals surface area (Å²) in [6.45, 7) is 3.18. The van der Waals surface area contributed by atoms with E-state index < -0.39 is 0 Å². The van der Waals surface area contributed by atoms with E-state index in [1.54, 1.807) is 16.7 Å². The maximum atomic E-state index is 13.0. The van der Waals surface area contributed by atoms with E-state index in [-0.39, 0.29) is 5.56 Å². The number of aromatic nitrogens is 2. The van der Waals surface area contributed by atoms with Crippen molar-refractivity contribution < 1.29 is 0 Å². The molecule has 24 heavy (non-hydrogen) atoms. The van der Waals surface area contributed by atoms with Crippen molar-refractivity contribution in [1.29, 1.82) is 0 Å². The lowest BCUT2D eigenvalue weighted by molar-refractivity contribution is 0.628. The second-order valence-corrected chi connectivity index (χ2v) is 6.49. The summed E-state index contributed by atoms with van der Waals surface area (Å²) in [5.74, 6) is 0.604. The molecule has 0 atom stereocenters. The summed E-state index contributed by atoms with van der Waals surface area (Å²) in [7, 11) is 1.85. The van der Waals surface area contributed by atoms with Crippen molar-refractivity contribution in [2.75, 3.05) is 13.6 Å². The fraction of sp³-hybridized carbons (Fsp3) is 0.222. The molecule has 0 bridgehead atoms. The van der Waals surface area contributed by atoms with Gasteiger partial charge in [0.05, 0.1) is 15.9 Å². The molecule has 3 aromatic rings. The lowest BCUT2D eigenvalue weighted by Gasteiger charge is -2.14. The smallest absolute Gasteiger partial charge is 0.261 e. The summed E-state index contributed by atoms with van der Waals surface area (Å²) < 4.78 is 1.66. The summed E-state index contributed by atoms with van der Waals surface area (Å²) in [6.07, 6.45) is 0. The maximum absolute atomic E-state index is 13.0. The average molecular weight is 362 g/mol. The minimum atomic E-state index is -0.143. The maximum Gasteiger partial charge on any atom is 0.261 e. The monoisotopic (exact) mass is 361 g/mol. The van der Waals surface area contributed by atoms with Crippen LogP contribution in [0.5, 0.6) is 0 Å². The Hall–Kier alpha value is -1.88. The molecule has 0 spiro atoms. The van der Waals surface area contributed by atoms with Crippen LogP contribution in [0.15, 0.2) is 41.2 Å². The van der Waals surface area contributed by atoms with E-state index in [9.17, 15) is 4.79 Å². The summed E-state index contributed by atoms with van der Waals surface area (Å²) in [4.78, 5) is 17.7. The van der Waals surface area contributed by atoms with Crippen molar-refractivity contribution in [3.8, 4) is 11.4 Å².